The molecule has 5 nitrogen and oxygen atoms in total. The van der Waals surface area contributed by atoms with Crippen molar-refractivity contribution < 1.29 is 9.90 Å². The van der Waals surface area contributed by atoms with E-state index in [-0.39, 0.29) is 12.5 Å². The number of benzene rings is 1. The number of carbonyl (C=O) groups excluding carboxylic acids is 1. The molecule has 0 saturated carbocycles. The van der Waals surface area contributed by atoms with E-state index in [1.165, 1.54) is 0 Å². The summed E-state index contributed by atoms with van der Waals surface area (Å²) < 4.78 is 0. The third-order valence-electron chi connectivity index (χ3n) is 2.44. The number of amides is 1. The van der Waals surface area contributed by atoms with Gasteiger partial charge in [0.25, 0.3) is 0 Å². The van der Waals surface area contributed by atoms with Crippen molar-refractivity contribution in [3.8, 4) is 0 Å². The topological polar surface area (TPSA) is 78.6 Å². The fourth-order valence-electron chi connectivity index (χ4n) is 1.74. The average Bonchev–Trinajstić information content (AvgIpc) is 2.27. The summed E-state index contributed by atoms with van der Waals surface area (Å²) in [5.41, 5.74) is 7.26. The van der Waals surface area contributed by atoms with E-state index in [4.69, 9.17) is 5.73 Å². The number of nitrogens with zero attached hydrogens (tertiary/aromatic N) is 1. The van der Waals surface area contributed by atoms with Crippen molar-refractivity contribution in [3.05, 3.63) is 29.8 Å². The van der Waals surface area contributed by atoms with Gasteiger partial charge in [-0.1, -0.05) is 12.1 Å². The summed E-state index contributed by atoms with van der Waals surface area (Å²) >= 11 is 0. The van der Waals surface area contributed by atoms with Gasteiger partial charge in [0.1, 0.15) is 0 Å². The van der Waals surface area contributed by atoms with Gasteiger partial charge in [-0.15, -0.1) is 0 Å². The van der Waals surface area contributed by atoms with Crippen LogP contribution in [0.2, 0.25) is 0 Å². The van der Waals surface area contributed by atoms with Crippen LogP contribution in [0.1, 0.15) is 12.5 Å². The first-order valence-corrected chi connectivity index (χ1v) is 5.96. The van der Waals surface area contributed by atoms with Gasteiger partial charge in [-0.2, -0.15) is 0 Å². The molecule has 1 atom stereocenters. The van der Waals surface area contributed by atoms with Crippen LogP contribution < -0.4 is 11.1 Å². The largest absolute Gasteiger partial charge is 0.392 e. The Kier molecular flexibility index (Phi) is 5.77. The first kappa shape index (κ1) is 14.6. The van der Waals surface area contributed by atoms with Crippen molar-refractivity contribution in [1.29, 1.82) is 0 Å². The lowest BCUT2D eigenvalue weighted by molar-refractivity contribution is -0.117. The van der Waals surface area contributed by atoms with Crippen LogP contribution in [0.15, 0.2) is 24.3 Å². The Morgan fingerprint density at radius 3 is 2.89 bits per heavy atom. The van der Waals surface area contributed by atoms with Crippen molar-refractivity contribution in [2.24, 2.45) is 5.73 Å². The molecule has 0 aliphatic rings. The second kappa shape index (κ2) is 7.10. The SMILES string of the molecule is CC(O)CN(C)CC(=O)Nc1cccc(CN)c1. The Hall–Kier alpha value is -1.43. The predicted molar refractivity (Wildman–Crippen MR) is 72.1 cm³/mol. The van der Waals surface area contributed by atoms with Crippen LogP contribution in [0, 0.1) is 0 Å². The molecule has 4 N–H and O–H groups in total. The number of hydrogen-bond acceptors (Lipinski definition) is 4. The fraction of sp³-hybridized carbons (Fsp3) is 0.462. The summed E-state index contributed by atoms with van der Waals surface area (Å²) in [6.07, 6.45) is -0.441. The number of rotatable bonds is 6. The first-order chi connectivity index (χ1) is 8.51. The maximum absolute atomic E-state index is 11.7. The van der Waals surface area contributed by atoms with Gasteiger partial charge in [0, 0.05) is 18.8 Å². The van der Waals surface area contributed by atoms with Gasteiger partial charge in [-0.05, 0) is 31.7 Å². The molecule has 0 heterocycles. The maximum Gasteiger partial charge on any atom is 0.238 e. The highest BCUT2D eigenvalue weighted by molar-refractivity contribution is 5.92. The van der Waals surface area contributed by atoms with Crippen LogP contribution in [0.25, 0.3) is 0 Å². The number of likely N-dealkylation sites (N-methyl/N-ethyl adjacent to an activating group) is 1. The number of nitrogens with one attached hydrogen (secondary N) is 1. The molecule has 100 valence electrons. The van der Waals surface area contributed by atoms with Gasteiger partial charge in [0.2, 0.25) is 5.91 Å². The molecule has 0 aliphatic heterocycles. The van der Waals surface area contributed by atoms with Crippen LogP contribution in [-0.2, 0) is 11.3 Å². The third-order valence-corrected chi connectivity index (χ3v) is 2.44. The van der Waals surface area contributed by atoms with Crippen LogP contribution in [0.4, 0.5) is 5.69 Å². The molecule has 1 aromatic carbocycles. The molecule has 0 aromatic heterocycles. The average molecular weight is 251 g/mol. The van der Waals surface area contributed by atoms with Crippen LogP contribution in [0.5, 0.6) is 0 Å². The lowest BCUT2D eigenvalue weighted by atomic mass is 10.2. The van der Waals surface area contributed by atoms with Gasteiger partial charge in [-0.25, -0.2) is 0 Å². The summed E-state index contributed by atoms with van der Waals surface area (Å²) in [6, 6.07) is 7.45. The molecule has 0 aliphatic carbocycles. The molecule has 0 saturated heterocycles. The maximum atomic E-state index is 11.7. The first-order valence-electron chi connectivity index (χ1n) is 5.96. The fourth-order valence-corrected chi connectivity index (χ4v) is 1.74. The van der Waals surface area contributed by atoms with E-state index in [1.54, 1.807) is 18.9 Å². The molecule has 18 heavy (non-hydrogen) atoms. The van der Waals surface area contributed by atoms with Gasteiger partial charge in [-0.3, -0.25) is 9.69 Å². The van der Waals surface area contributed by atoms with Gasteiger partial charge in [0.15, 0.2) is 0 Å². The van der Waals surface area contributed by atoms with E-state index in [0.29, 0.717) is 13.1 Å². The van der Waals surface area contributed by atoms with Crippen molar-refractivity contribution in [2.75, 3.05) is 25.5 Å². The van der Waals surface area contributed by atoms with Crippen molar-refractivity contribution in [2.45, 2.75) is 19.6 Å². The number of hydrogen-bond donors (Lipinski definition) is 3. The minimum atomic E-state index is -0.441. The van der Waals surface area contributed by atoms with Gasteiger partial charge >= 0.3 is 0 Å². The second-order valence-corrected chi connectivity index (χ2v) is 4.50. The Labute approximate surface area is 108 Å². The summed E-state index contributed by atoms with van der Waals surface area (Å²) in [7, 11) is 1.79. The standard InChI is InChI=1S/C13H21N3O2/c1-10(17)8-16(2)9-13(18)15-12-5-3-4-11(6-12)7-14/h3-6,10,17H,7-9,14H2,1-2H3,(H,15,18). The lowest BCUT2D eigenvalue weighted by Crippen LogP contribution is -2.34. The van der Waals surface area contributed by atoms with Crippen molar-refractivity contribution in [1.82, 2.24) is 4.90 Å². The molecule has 1 aromatic rings. The van der Waals surface area contributed by atoms with Crippen molar-refractivity contribution in [3.63, 3.8) is 0 Å². The highest BCUT2D eigenvalue weighted by Gasteiger charge is 2.08. The van der Waals surface area contributed by atoms with Crippen LogP contribution in [0.3, 0.4) is 0 Å². The van der Waals surface area contributed by atoms with E-state index in [0.717, 1.165) is 11.3 Å². The molecule has 0 spiro atoms. The van der Waals surface area contributed by atoms with E-state index >= 15 is 0 Å². The molecule has 0 radical (unpaired) electrons. The Bertz CT molecular complexity index is 394. The summed E-state index contributed by atoms with van der Waals surface area (Å²) in [5.74, 6) is -0.104. The molecule has 1 unspecified atom stereocenters. The molecule has 1 amide bonds. The monoisotopic (exact) mass is 251 g/mol. The highest BCUT2D eigenvalue weighted by atomic mass is 16.3. The van der Waals surface area contributed by atoms with Crippen molar-refractivity contribution >= 4 is 11.6 Å². The summed E-state index contributed by atoms with van der Waals surface area (Å²) in [4.78, 5) is 13.5. The Morgan fingerprint density at radius 1 is 1.56 bits per heavy atom. The molecule has 1 rings (SSSR count). The molecular formula is C13H21N3O2. The zero-order chi connectivity index (χ0) is 13.5. The predicted octanol–water partition coefficient (Wildman–Crippen LogP) is 0.396. The normalized spacial score (nSPS) is 12.5. The van der Waals surface area contributed by atoms with E-state index in [9.17, 15) is 9.90 Å². The zero-order valence-corrected chi connectivity index (χ0v) is 10.9. The van der Waals surface area contributed by atoms with Crippen LogP contribution >= 0.6 is 0 Å². The van der Waals surface area contributed by atoms with Gasteiger partial charge < -0.3 is 16.2 Å². The van der Waals surface area contributed by atoms with E-state index < -0.39 is 6.10 Å². The second-order valence-electron chi connectivity index (χ2n) is 4.50. The Balaban J connectivity index is 2.48. The number of nitrogens with two attached hydrogens (primary N) is 1. The highest BCUT2D eigenvalue weighted by Crippen LogP contribution is 2.09. The quantitative estimate of drug-likeness (QED) is 0.683. The minimum Gasteiger partial charge on any atom is -0.392 e. The van der Waals surface area contributed by atoms with Gasteiger partial charge in [0.05, 0.1) is 12.6 Å². The van der Waals surface area contributed by atoms with Crippen LogP contribution in [-0.4, -0.2) is 42.2 Å². The molecule has 5 heteroatoms. The number of aliphatic hydroxyl groups is 1. The van der Waals surface area contributed by atoms with E-state index in [2.05, 4.69) is 5.32 Å². The molecule has 0 fully saturated rings. The number of carbonyl (C=O) groups is 1. The third kappa shape index (κ3) is 5.27. The lowest BCUT2D eigenvalue weighted by Gasteiger charge is -2.17. The number of anilines is 1. The van der Waals surface area contributed by atoms with E-state index in [1.807, 2.05) is 24.3 Å². The zero-order valence-electron chi connectivity index (χ0n) is 10.9. The molecular weight excluding hydrogens is 230 g/mol. The Morgan fingerprint density at radius 2 is 2.28 bits per heavy atom. The summed E-state index contributed by atoms with van der Waals surface area (Å²) in [5, 5.41) is 12.0. The number of aliphatic hydroxyl groups excluding tert-OH is 1. The molecule has 0 bridgehead atoms. The minimum absolute atomic E-state index is 0.104. The summed E-state index contributed by atoms with van der Waals surface area (Å²) in [6.45, 7) is 2.86. The smallest absolute Gasteiger partial charge is 0.238 e.